The second kappa shape index (κ2) is 5.74. The molecular formula is C14H20BrN3. The molecule has 0 spiro atoms. The van der Waals surface area contributed by atoms with Crippen molar-refractivity contribution in [2.75, 3.05) is 18.0 Å². The molecule has 1 fully saturated rings. The molecule has 0 bridgehead atoms. The molecule has 1 aliphatic heterocycles. The number of piperidine rings is 1. The minimum absolute atomic E-state index is 0.109. The molecule has 0 aliphatic carbocycles. The van der Waals surface area contributed by atoms with Gasteiger partial charge in [0.05, 0.1) is 0 Å². The number of benzene rings is 1. The maximum absolute atomic E-state index is 7.48. The Kier molecular flexibility index (Phi) is 4.27. The first-order valence-electron chi connectivity index (χ1n) is 6.50. The number of nitrogen functional groups attached to an aromatic ring is 1. The lowest BCUT2D eigenvalue weighted by atomic mass is 9.94. The lowest BCUT2D eigenvalue weighted by Crippen LogP contribution is -2.33. The van der Waals surface area contributed by atoms with E-state index in [1.165, 1.54) is 24.9 Å². The molecule has 1 saturated heterocycles. The summed E-state index contributed by atoms with van der Waals surface area (Å²) in [4.78, 5) is 2.42. The number of nitrogens with one attached hydrogen (secondary N) is 1. The van der Waals surface area contributed by atoms with E-state index in [2.05, 4.69) is 39.9 Å². The molecule has 0 radical (unpaired) electrons. The highest BCUT2D eigenvalue weighted by molar-refractivity contribution is 9.10. The van der Waals surface area contributed by atoms with Gasteiger partial charge in [-0.1, -0.05) is 13.3 Å². The third-order valence-electron chi connectivity index (χ3n) is 3.80. The lowest BCUT2D eigenvalue weighted by Gasteiger charge is -2.33. The third kappa shape index (κ3) is 2.86. The first-order valence-corrected chi connectivity index (χ1v) is 7.30. The van der Waals surface area contributed by atoms with Crippen LogP contribution in [0.2, 0.25) is 0 Å². The van der Waals surface area contributed by atoms with Crippen LogP contribution in [-0.2, 0) is 0 Å². The molecule has 3 nitrogen and oxygen atoms in total. The Balaban J connectivity index is 2.11. The van der Waals surface area contributed by atoms with E-state index < -0.39 is 0 Å². The van der Waals surface area contributed by atoms with E-state index in [1.807, 2.05) is 6.07 Å². The number of nitrogens with two attached hydrogens (primary N) is 1. The Morgan fingerprint density at radius 2 is 2.11 bits per heavy atom. The average Bonchev–Trinajstić information content (AvgIpc) is 2.38. The van der Waals surface area contributed by atoms with Crippen molar-refractivity contribution in [2.45, 2.75) is 26.2 Å². The summed E-state index contributed by atoms with van der Waals surface area (Å²) in [7, 11) is 0. The van der Waals surface area contributed by atoms with Gasteiger partial charge in [-0.05, 0) is 52.9 Å². The van der Waals surface area contributed by atoms with Crippen LogP contribution in [0.15, 0.2) is 22.7 Å². The highest BCUT2D eigenvalue weighted by Crippen LogP contribution is 2.28. The van der Waals surface area contributed by atoms with Crippen LogP contribution in [0.5, 0.6) is 0 Å². The van der Waals surface area contributed by atoms with Crippen LogP contribution in [0.1, 0.15) is 31.7 Å². The van der Waals surface area contributed by atoms with Gasteiger partial charge in [-0.15, -0.1) is 0 Å². The maximum atomic E-state index is 7.48. The predicted octanol–water partition coefficient (Wildman–Crippen LogP) is 3.36. The zero-order valence-electron chi connectivity index (χ0n) is 10.7. The van der Waals surface area contributed by atoms with E-state index in [4.69, 9.17) is 11.1 Å². The van der Waals surface area contributed by atoms with Gasteiger partial charge in [0.1, 0.15) is 5.84 Å². The number of halogens is 1. The van der Waals surface area contributed by atoms with Crippen LogP contribution in [0, 0.1) is 11.3 Å². The first kappa shape index (κ1) is 13.4. The van der Waals surface area contributed by atoms with E-state index in [0.29, 0.717) is 0 Å². The van der Waals surface area contributed by atoms with E-state index in [9.17, 15) is 0 Å². The van der Waals surface area contributed by atoms with Crippen LogP contribution in [0.3, 0.4) is 0 Å². The molecule has 0 atom stereocenters. The van der Waals surface area contributed by atoms with Gasteiger partial charge in [0, 0.05) is 28.8 Å². The minimum Gasteiger partial charge on any atom is -0.384 e. The maximum Gasteiger partial charge on any atom is 0.123 e. The molecule has 3 N–H and O–H groups in total. The fraction of sp³-hybridized carbons (Fsp3) is 0.500. The molecule has 1 aromatic rings. The number of anilines is 1. The van der Waals surface area contributed by atoms with Crippen molar-refractivity contribution in [3.63, 3.8) is 0 Å². The summed E-state index contributed by atoms with van der Waals surface area (Å²) in [6.45, 7) is 4.54. The number of nitrogens with zero attached hydrogens (tertiary/aromatic N) is 1. The Morgan fingerprint density at radius 3 is 2.61 bits per heavy atom. The highest BCUT2D eigenvalue weighted by Gasteiger charge is 2.18. The highest BCUT2D eigenvalue weighted by atomic mass is 79.9. The Bertz CT molecular complexity index is 437. The van der Waals surface area contributed by atoms with Crippen LogP contribution >= 0.6 is 15.9 Å². The summed E-state index contributed by atoms with van der Waals surface area (Å²) < 4.78 is 0.908. The van der Waals surface area contributed by atoms with Crippen molar-refractivity contribution in [1.29, 1.82) is 5.41 Å². The summed E-state index contributed by atoms with van der Waals surface area (Å²) in [6, 6.07) is 6.06. The van der Waals surface area contributed by atoms with Crippen LogP contribution in [0.25, 0.3) is 0 Å². The Hall–Kier alpha value is -1.03. The molecule has 0 aromatic heterocycles. The van der Waals surface area contributed by atoms with Gasteiger partial charge in [-0.3, -0.25) is 5.41 Å². The third-order valence-corrected chi connectivity index (χ3v) is 4.46. The molecular weight excluding hydrogens is 290 g/mol. The fourth-order valence-corrected chi connectivity index (χ4v) is 3.10. The summed E-state index contributed by atoms with van der Waals surface area (Å²) in [5.41, 5.74) is 7.51. The summed E-state index contributed by atoms with van der Waals surface area (Å²) >= 11 is 3.49. The zero-order chi connectivity index (χ0) is 13.1. The molecule has 98 valence electrons. The van der Waals surface area contributed by atoms with Crippen molar-refractivity contribution in [1.82, 2.24) is 0 Å². The molecule has 18 heavy (non-hydrogen) atoms. The standard InChI is InChI=1S/C14H20BrN3/c1-2-10-5-7-18(8-6-10)11-3-4-12(14(16)17)13(15)9-11/h3-4,9-10H,2,5-8H2,1H3,(H3,16,17). The summed E-state index contributed by atoms with van der Waals surface area (Å²) in [5.74, 6) is 0.999. The number of amidine groups is 1. The first-order chi connectivity index (χ1) is 8.61. The normalized spacial score (nSPS) is 16.9. The molecule has 1 aliphatic rings. The zero-order valence-corrected chi connectivity index (χ0v) is 12.3. The molecule has 0 saturated carbocycles. The monoisotopic (exact) mass is 309 g/mol. The molecule has 1 aromatic carbocycles. The second-order valence-corrected chi connectivity index (χ2v) is 5.77. The van der Waals surface area contributed by atoms with Gasteiger partial charge in [-0.25, -0.2) is 0 Å². The summed E-state index contributed by atoms with van der Waals surface area (Å²) in [5, 5.41) is 7.48. The van der Waals surface area contributed by atoms with Crippen molar-refractivity contribution < 1.29 is 0 Å². The van der Waals surface area contributed by atoms with Crippen molar-refractivity contribution in [3.05, 3.63) is 28.2 Å². The number of hydrogen-bond donors (Lipinski definition) is 2. The Morgan fingerprint density at radius 1 is 1.44 bits per heavy atom. The SMILES string of the molecule is CCC1CCN(c2ccc(C(=N)N)c(Br)c2)CC1. The molecule has 0 unspecified atom stereocenters. The smallest absolute Gasteiger partial charge is 0.123 e. The summed E-state index contributed by atoms with van der Waals surface area (Å²) in [6.07, 6.45) is 3.85. The van der Waals surface area contributed by atoms with Gasteiger partial charge >= 0.3 is 0 Å². The van der Waals surface area contributed by atoms with Gasteiger partial charge in [0.25, 0.3) is 0 Å². The van der Waals surface area contributed by atoms with Gasteiger partial charge in [-0.2, -0.15) is 0 Å². The van der Waals surface area contributed by atoms with Crippen LogP contribution in [0.4, 0.5) is 5.69 Å². The number of hydrogen-bond acceptors (Lipinski definition) is 2. The fourth-order valence-electron chi connectivity index (χ4n) is 2.52. The van der Waals surface area contributed by atoms with Crippen LogP contribution < -0.4 is 10.6 Å². The molecule has 2 rings (SSSR count). The van der Waals surface area contributed by atoms with E-state index in [-0.39, 0.29) is 5.84 Å². The van der Waals surface area contributed by atoms with Gasteiger partial charge in [0.15, 0.2) is 0 Å². The average molecular weight is 310 g/mol. The van der Waals surface area contributed by atoms with E-state index >= 15 is 0 Å². The van der Waals surface area contributed by atoms with Gasteiger partial charge in [0.2, 0.25) is 0 Å². The molecule has 0 amide bonds. The van der Waals surface area contributed by atoms with Crippen molar-refractivity contribution >= 4 is 27.5 Å². The van der Waals surface area contributed by atoms with Crippen LogP contribution in [-0.4, -0.2) is 18.9 Å². The quantitative estimate of drug-likeness (QED) is 0.664. The lowest BCUT2D eigenvalue weighted by molar-refractivity contribution is 0.395. The molecule has 1 heterocycles. The second-order valence-electron chi connectivity index (χ2n) is 4.92. The topological polar surface area (TPSA) is 53.1 Å². The predicted molar refractivity (Wildman–Crippen MR) is 80.4 cm³/mol. The van der Waals surface area contributed by atoms with Gasteiger partial charge < -0.3 is 10.6 Å². The largest absolute Gasteiger partial charge is 0.384 e. The van der Waals surface area contributed by atoms with Crippen molar-refractivity contribution in [3.8, 4) is 0 Å². The van der Waals surface area contributed by atoms with E-state index in [1.54, 1.807) is 0 Å². The minimum atomic E-state index is 0.109. The number of rotatable bonds is 3. The van der Waals surface area contributed by atoms with E-state index in [0.717, 1.165) is 29.0 Å². The Labute approximate surface area is 117 Å². The van der Waals surface area contributed by atoms with Crippen molar-refractivity contribution in [2.24, 2.45) is 11.7 Å². The molecule has 4 heteroatoms.